The van der Waals surface area contributed by atoms with Crippen molar-refractivity contribution >= 4 is 52.1 Å². The van der Waals surface area contributed by atoms with Gasteiger partial charge in [-0.05, 0) is 72.4 Å². The molecule has 35 heavy (non-hydrogen) atoms. The molecule has 1 heterocycles. The molecule has 1 fully saturated rings. The Hall–Kier alpha value is -3.62. The molecule has 1 unspecified atom stereocenters. The van der Waals surface area contributed by atoms with Gasteiger partial charge in [-0.2, -0.15) is 0 Å². The summed E-state index contributed by atoms with van der Waals surface area (Å²) in [6.45, 7) is 0.357. The van der Waals surface area contributed by atoms with Crippen LogP contribution in [0.1, 0.15) is 12.0 Å². The number of ether oxygens (including phenoxy) is 2. The first-order valence-corrected chi connectivity index (χ1v) is 11.6. The van der Waals surface area contributed by atoms with Crippen LogP contribution in [0.4, 0.5) is 11.4 Å². The highest BCUT2D eigenvalue weighted by molar-refractivity contribution is 7.80. The van der Waals surface area contributed by atoms with Crippen LogP contribution in [0.3, 0.4) is 0 Å². The molecule has 7 nitrogen and oxygen atoms in total. The van der Waals surface area contributed by atoms with Crippen LogP contribution in [0.25, 0.3) is 0 Å². The molecule has 1 saturated heterocycles. The van der Waals surface area contributed by atoms with Crippen LogP contribution in [-0.2, 0) is 16.1 Å². The van der Waals surface area contributed by atoms with E-state index in [0.29, 0.717) is 33.8 Å². The molecule has 180 valence electrons. The van der Waals surface area contributed by atoms with Crippen LogP contribution in [0.2, 0.25) is 5.02 Å². The molecule has 2 amide bonds. The minimum Gasteiger partial charge on any atom is -0.497 e. The maximum Gasteiger partial charge on any atom is 0.256 e. The predicted molar refractivity (Wildman–Crippen MR) is 140 cm³/mol. The van der Waals surface area contributed by atoms with E-state index >= 15 is 0 Å². The summed E-state index contributed by atoms with van der Waals surface area (Å²) in [5.41, 5.74) is 2.10. The molecule has 0 bridgehead atoms. The number of nitrogens with one attached hydrogen (secondary N) is 1. The summed E-state index contributed by atoms with van der Waals surface area (Å²) in [6, 6.07) is 20.7. The second kappa shape index (κ2) is 10.8. The van der Waals surface area contributed by atoms with Gasteiger partial charge in [0.1, 0.15) is 17.5 Å². The quantitative estimate of drug-likeness (QED) is 0.436. The number of thiocarbonyl (C=S) groups is 1. The Labute approximate surface area is 214 Å². The van der Waals surface area contributed by atoms with E-state index in [4.69, 9.17) is 33.3 Å². The number of hydrogen-bond donors (Lipinski definition) is 1. The van der Waals surface area contributed by atoms with Crippen molar-refractivity contribution in [1.82, 2.24) is 4.90 Å². The Morgan fingerprint density at radius 1 is 1.00 bits per heavy atom. The summed E-state index contributed by atoms with van der Waals surface area (Å²) < 4.78 is 10.5. The van der Waals surface area contributed by atoms with E-state index in [0.717, 1.165) is 11.3 Å². The number of hydrogen-bond acceptors (Lipinski definition) is 5. The van der Waals surface area contributed by atoms with Crippen LogP contribution >= 0.6 is 23.8 Å². The van der Waals surface area contributed by atoms with Crippen LogP contribution < -0.4 is 19.7 Å². The number of benzene rings is 3. The summed E-state index contributed by atoms with van der Waals surface area (Å²) in [5, 5.41) is 3.65. The van der Waals surface area contributed by atoms with E-state index in [1.54, 1.807) is 67.7 Å². The molecule has 0 aliphatic carbocycles. The fraction of sp³-hybridized carbons (Fsp3) is 0.192. The highest BCUT2D eigenvalue weighted by atomic mass is 35.5. The van der Waals surface area contributed by atoms with E-state index < -0.39 is 6.04 Å². The average molecular weight is 510 g/mol. The smallest absolute Gasteiger partial charge is 0.256 e. The van der Waals surface area contributed by atoms with Crippen molar-refractivity contribution < 1.29 is 19.1 Å². The van der Waals surface area contributed by atoms with Gasteiger partial charge in [0.25, 0.3) is 5.91 Å². The summed E-state index contributed by atoms with van der Waals surface area (Å²) in [6.07, 6.45) is -0.0751. The molecule has 9 heteroatoms. The minimum atomic E-state index is -0.772. The zero-order valence-electron chi connectivity index (χ0n) is 19.2. The topological polar surface area (TPSA) is 71.1 Å². The van der Waals surface area contributed by atoms with Crippen molar-refractivity contribution in [3.63, 3.8) is 0 Å². The van der Waals surface area contributed by atoms with Crippen LogP contribution in [0.15, 0.2) is 72.8 Å². The molecule has 0 spiro atoms. The fourth-order valence-corrected chi connectivity index (χ4v) is 4.44. The van der Waals surface area contributed by atoms with Crippen molar-refractivity contribution in [3.8, 4) is 11.5 Å². The highest BCUT2D eigenvalue weighted by Gasteiger charge is 2.44. The number of methoxy groups -OCH3 is 2. The van der Waals surface area contributed by atoms with Crippen molar-refractivity contribution in [2.45, 2.75) is 19.0 Å². The maximum atomic E-state index is 13.6. The minimum absolute atomic E-state index is 0.0751. The third kappa shape index (κ3) is 5.55. The zero-order chi connectivity index (χ0) is 24.9. The first kappa shape index (κ1) is 24.5. The molecule has 0 radical (unpaired) electrons. The van der Waals surface area contributed by atoms with Crippen LogP contribution in [-0.4, -0.2) is 42.1 Å². The first-order valence-electron chi connectivity index (χ1n) is 10.9. The zero-order valence-corrected chi connectivity index (χ0v) is 20.8. The van der Waals surface area contributed by atoms with E-state index in [9.17, 15) is 9.59 Å². The largest absolute Gasteiger partial charge is 0.497 e. The van der Waals surface area contributed by atoms with Crippen LogP contribution in [0.5, 0.6) is 11.5 Å². The van der Waals surface area contributed by atoms with Gasteiger partial charge >= 0.3 is 0 Å². The average Bonchev–Trinajstić information content (AvgIpc) is 3.08. The van der Waals surface area contributed by atoms with Gasteiger partial charge in [0.05, 0.1) is 26.3 Å². The van der Waals surface area contributed by atoms with Gasteiger partial charge in [-0.15, -0.1) is 0 Å². The second-order valence-corrected chi connectivity index (χ2v) is 8.71. The number of halogens is 1. The number of carbonyl (C=O) groups excluding carboxylic acids is 2. The monoisotopic (exact) mass is 509 g/mol. The van der Waals surface area contributed by atoms with Gasteiger partial charge < -0.3 is 19.7 Å². The molecule has 1 aliphatic heterocycles. The lowest BCUT2D eigenvalue weighted by Crippen LogP contribution is -2.37. The van der Waals surface area contributed by atoms with E-state index in [1.807, 2.05) is 24.3 Å². The normalized spacial score (nSPS) is 15.3. The molecular formula is C26H24ClN3O4S. The molecule has 1 N–H and O–H groups in total. The van der Waals surface area contributed by atoms with E-state index in [2.05, 4.69) is 5.32 Å². The molecule has 1 aliphatic rings. The Morgan fingerprint density at radius 3 is 2.23 bits per heavy atom. The lowest BCUT2D eigenvalue weighted by Gasteiger charge is -2.24. The SMILES string of the molecule is COc1ccc(CN2C(=S)N(c3ccc(OC)cc3)C(=O)C2CC(=O)Nc2cccc(Cl)c2)cc1. The molecule has 4 rings (SSSR count). The molecule has 3 aromatic rings. The summed E-state index contributed by atoms with van der Waals surface area (Å²) >= 11 is 11.8. The number of rotatable bonds is 8. The molecule has 0 aromatic heterocycles. The Morgan fingerprint density at radius 2 is 1.63 bits per heavy atom. The second-order valence-electron chi connectivity index (χ2n) is 7.91. The standard InChI is InChI=1S/C26H24ClN3O4S/c1-33-21-10-6-17(7-11-21)16-29-23(15-24(31)28-19-5-3-4-18(27)14-19)25(32)30(26(29)35)20-8-12-22(34-2)13-9-20/h3-14,23H,15-16H2,1-2H3,(H,28,31). The van der Waals surface area contributed by atoms with Crippen molar-refractivity contribution in [3.05, 3.63) is 83.4 Å². The van der Waals surface area contributed by atoms with Crippen molar-refractivity contribution in [2.24, 2.45) is 0 Å². The summed E-state index contributed by atoms with van der Waals surface area (Å²) in [7, 11) is 3.18. The highest BCUT2D eigenvalue weighted by Crippen LogP contribution is 2.30. The van der Waals surface area contributed by atoms with Gasteiger partial charge in [-0.3, -0.25) is 14.5 Å². The third-order valence-corrected chi connectivity index (χ3v) is 6.30. The Kier molecular flexibility index (Phi) is 7.53. The van der Waals surface area contributed by atoms with Gasteiger partial charge in [-0.1, -0.05) is 29.8 Å². The lowest BCUT2D eigenvalue weighted by molar-refractivity contribution is -0.124. The lowest BCUT2D eigenvalue weighted by atomic mass is 10.1. The van der Waals surface area contributed by atoms with Gasteiger partial charge in [0, 0.05) is 17.3 Å². The number of carbonyl (C=O) groups is 2. The van der Waals surface area contributed by atoms with Gasteiger partial charge in [0.2, 0.25) is 5.91 Å². The van der Waals surface area contributed by atoms with E-state index in [-0.39, 0.29) is 18.2 Å². The molecule has 0 saturated carbocycles. The summed E-state index contributed by atoms with van der Waals surface area (Å²) in [5.74, 6) is 0.810. The first-order chi connectivity index (χ1) is 16.9. The van der Waals surface area contributed by atoms with Crippen molar-refractivity contribution in [2.75, 3.05) is 24.4 Å². The summed E-state index contributed by atoms with van der Waals surface area (Å²) in [4.78, 5) is 29.7. The number of amides is 2. The number of anilines is 2. The van der Waals surface area contributed by atoms with E-state index in [1.165, 1.54) is 4.90 Å². The van der Waals surface area contributed by atoms with Crippen molar-refractivity contribution in [1.29, 1.82) is 0 Å². The molecule has 3 aromatic carbocycles. The molecule has 1 atom stereocenters. The maximum absolute atomic E-state index is 13.6. The predicted octanol–water partition coefficient (Wildman–Crippen LogP) is 4.89. The third-order valence-electron chi connectivity index (χ3n) is 5.65. The van der Waals surface area contributed by atoms with Crippen LogP contribution in [0, 0.1) is 0 Å². The molecular weight excluding hydrogens is 486 g/mol. The van der Waals surface area contributed by atoms with Gasteiger partial charge in [-0.25, -0.2) is 0 Å². The Balaban J connectivity index is 1.60. The fourth-order valence-electron chi connectivity index (χ4n) is 3.86. The Bertz CT molecular complexity index is 1230. The van der Waals surface area contributed by atoms with Gasteiger partial charge in [0.15, 0.2) is 5.11 Å². The number of nitrogens with zero attached hydrogens (tertiary/aromatic N) is 2.